The Morgan fingerprint density at radius 3 is 1.75 bits per heavy atom. The van der Waals surface area contributed by atoms with Gasteiger partial charge in [-0.3, -0.25) is 4.90 Å². The van der Waals surface area contributed by atoms with Gasteiger partial charge < -0.3 is 0 Å². The third-order valence-electron chi connectivity index (χ3n) is 6.58. The van der Waals surface area contributed by atoms with E-state index in [1.807, 2.05) is 12.1 Å². The highest BCUT2D eigenvalue weighted by molar-refractivity contribution is 5.33. The summed E-state index contributed by atoms with van der Waals surface area (Å²) in [5.41, 5.74) is 2.84. The van der Waals surface area contributed by atoms with Crippen LogP contribution < -0.4 is 0 Å². The van der Waals surface area contributed by atoms with Crippen LogP contribution in [0.4, 0.5) is 4.39 Å². The molecule has 0 saturated heterocycles. The van der Waals surface area contributed by atoms with Crippen LogP contribution in [0.25, 0.3) is 0 Å². The summed E-state index contributed by atoms with van der Waals surface area (Å²) < 4.78 is 13.5. The van der Waals surface area contributed by atoms with Crippen molar-refractivity contribution in [3.63, 3.8) is 0 Å². The van der Waals surface area contributed by atoms with Gasteiger partial charge in [-0.05, 0) is 54.5 Å². The van der Waals surface area contributed by atoms with Crippen molar-refractivity contribution in [3.05, 3.63) is 107 Å². The minimum Gasteiger partial charge on any atom is -0.292 e. The van der Waals surface area contributed by atoms with Crippen LogP contribution in [0.5, 0.6) is 0 Å². The van der Waals surface area contributed by atoms with Crippen molar-refractivity contribution >= 4 is 0 Å². The molecule has 32 heavy (non-hydrogen) atoms. The molecule has 3 aromatic carbocycles. The largest absolute Gasteiger partial charge is 0.292 e. The molecule has 0 N–H and O–H groups in total. The number of benzene rings is 3. The van der Waals surface area contributed by atoms with Crippen molar-refractivity contribution in [2.75, 3.05) is 0 Å². The molecule has 3 rings (SSSR count). The van der Waals surface area contributed by atoms with Gasteiger partial charge in [-0.25, -0.2) is 4.39 Å². The molecule has 0 heterocycles. The van der Waals surface area contributed by atoms with E-state index >= 15 is 0 Å². The summed E-state index contributed by atoms with van der Waals surface area (Å²) in [6.07, 6.45) is 1.61. The van der Waals surface area contributed by atoms with Crippen molar-refractivity contribution in [2.24, 2.45) is 5.92 Å². The zero-order valence-corrected chi connectivity index (χ0v) is 19.3. The van der Waals surface area contributed by atoms with Crippen molar-refractivity contribution in [2.45, 2.75) is 58.2 Å². The second kappa shape index (κ2) is 11.1. The first-order valence-corrected chi connectivity index (χ1v) is 11.4. The van der Waals surface area contributed by atoms with Crippen molar-refractivity contribution < 1.29 is 4.39 Å². The lowest BCUT2D eigenvalue weighted by atomic mass is 9.69. The van der Waals surface area contributed by atoms with Crippen LogP contribution in [0.15, 0.2) is 84.9 Å². The SMILES string of the molecule is CC(CCC(C#N)(c1ccc(F)cc1)C(C)C)N(Cc1ccccc1)Cc1ccccc1. The third kappa shape index (κ3) is 5.84. The molecule has 3 heteroatoms. The van der Waals surface area contributed by atoms with Crippen molar-refractivity contribution in [3.8, 4) is 6.07 Å². The molecule has 0 aliphatic rings. The molecule has 0 aliphatic carbocycles. The smallest absolute Gasteiger partial charge is 0.123 e. The fourth-order valence-electron chi connectivity index (χ4n) is 4.39. The summed E-state index contributed by atoms with van der Waals surface area (Å²) in [4.78, 5) is 2.48. The number of halogens is 1. The van der Waals surface area contributed by atoms with E-state index in [0.29, 0.717) is 0 Å². The van der Waals surface area contributed by atoms with Gasteiger partial charge in [-0.2, -0.15) is 5.26 Å². The predicted octanol–water partition coefficient (Wildman–Crippen LogP) is 7.11. The van der Waals surface area contributed by atoms with Crippen molar-refractivity contribution in [1.29, 1.82) is 5.26 Å². The number of nitriles is 1. The first kappa shape index (κ1) is 23.7. The Labute approximate surface area is 192 Å². The lowest BCUT2D eigenvalue weighted by molar-refractivity contribution is 0.169. The third-order valence-corrected chi connectivity index (χ3v) is 6.58. The van der Waals surface area contributed by atoms with E-state index in [4.69, 9.17) is 0 Å². The molecular formula is C29H33FN2. The molecule has 0 radical (unpaired) electrons. The van der Waals surface area contributed by atoms with E-state index in [1.165, 1.54) is 23.3 Å². The van der Waals surface area contributed by atoms with E-state index < -0.39 is 5.41 Å². The van der Waals surface area contributed by atoms with E-state index in [9.17, 15) is 9.65 Å². The maximum Gasteiger partial charge on any atom is 0.123 e. The normalized spacial score (nSPS) is 14.2. The first-order chi connectivity index (χ1) is 15.4. The molecule has 2 nitrogen and oxygen atoms in total. The maximum absolute atomic E-state index is 13.5. The number of nitrogens with zero attached hydrogens (tertiary/aromatic N) is 2. The van der Waals surface area contributed by atoms with Gasteiger partial charge in [-0.1, -0.05) is 86.6 Å². The number of hydrogen-bond donors (Lipinski definition) is 0. The second-order valence-corrected chi connectivity index (χ2v) is 9.01. The summed E-state index contributed by atoms with van der Waals surface area (Å²) in [6.45, 7) is 8.13. The molecule has 2 unspecified atom stereocenters. The first-order valence-electron chi connectivity index (χ1n) is 11.4. The second-order valence-electron chi connectivity index (χ2n) is 9.01. The highest BCUT2D eigenvalue weighted by Crippen LogP contribution is 2.37. The Kier molecular flexibility index (Phi) is 8.20. The predicted molar refractivity (Wildman–Crippen MR) is 129 cm³/mol. The van der Waals surface area contributed by atoms with Gasteiger partial charge in [0, 0.05) is 19.1 Å². The average Bonchev–Trinajstić information content (AvgIpc) is 2.81. The topological polar surface area (TPSA) is 27.0 Å². The molecule has 0 fully saturated rings. The zero-order valence-electron chi connectivity index (χ0n) is 19.3. The molecule has 0 spiro atoms. The summed E-state index contributed by atoms with van der Waals surface area (Å²) in [5.74, 6) is -0.142. The minimum absolute atomic E-state index is 0.127. The van der Waals surface area contributed by atoms with Gasteiger partial charge in [0.05, 0.1) is 11.5 Å². The van der Waals surface area contributed by atoms with Crippen LogP contribution in [-0.2, 0) is 18.5 Å². The Balaban J connectivity index is 1.80. The molecule has 0 aromatic heterocycles. The van der Waals surface area contributed by atoms with Crippen LogP contribution in [0.2, 0.25) is 0 Å². The molecule has 0 amide bonds. The minimum atomic E-state index is -0.632. The Morgan fingerprint density at radius 1 is 0.812 bits per heavy atom. The van der Waals surface area contributed by atoms with Crippen molar-refractivity contribution in [1.82, 2.24) is 4.90 Å². The van der Waals surface area contributed by atoms with E-state index in [-0.39, 0.29) is 17.8 Å². The summed E-state index contributed by atoms with van der Waals surface area (Å²) >= 11 is 0. The van der Waals surface area contributed by atoms with Crippen LogP contribution in [0.1, 0.15) is 50.3 Å². The highest BCUT2D eigenvalue weighted by Gasteiger charge is 2.36. The van der Waals surface area contributed by atoms with Crippen LogP contribution >= 0.6 is 0 Å². The number of rotatable bonds is 10. The zero-order chi connectivity index (χ0) is 23.0. The molecule has 0 bridgehead atoms. The van der Waals surface area contributed by atoms with Gasteiger partial charge in [-0.15, -0.1) is 0 Å². The monoisotopic (exact) mass is 428 g/mol. The van der Waals surface area contributed by atoms with Gasteiger partial charge >= 0.3 is 0 Å². The quantitative estimate of drug-likeness (QED) is 0.344. The lowest BCUT2D eigenvalue weighted by Gasteiger charge is -2.35. The van der Waals surface area contributed by atoms with Gasteiger partial charge in [0.15, 0.2) is 0 Å². The maximum atomic E-state index is 13.5. The Hall–Kier alpha value is -2.96. The van der Waals surface area contributed by atoms with Crippen LogP contribution in [0, 0.1) is 23.1 Å². The van der Waals surface area contributed by atoms with Crippen LogP contribution in [0.3, 0.4) is 0 Å². The number of hydrogen-bond acceptors (Lipinski definition) is 2. The van der Waals surface area contributed by atoms with E-state index in [0.717, 1.165) is 31.5 Å². The lowest BCUT2D eigenvalue weighted by Crippen LogP contribution is -2.36. The molecule has 166 valence electrons. The molecular weight excluding hydrogens is 395 g/mol. The Morgan fingerprint density at radius 2 is 1.31 bits per heavy atom. The summed E-state index contributed by atoms with van der Waals surface area (Å²) in [7, 11) is 0. The van der Waals surface area contributed by atoms with E-state index in [2.05, 4.69) is 80.3 Å². The highest BCUT2D eigenvalue weighted by atomic mass is 19.1. The molecule has 2 atom stereocenters. The molecule has 3 aromatic rings. The van der Waals surface area contributed by atoms with E-state index in [1.54, 1.807) is 12.1 Å². The Bertz CT molecular complexity index is 951. The molecule has 0 saturated carbocycles. The van der Waals surface area contributed by atoms with Gasteiger partial charge in [0.1, 0.15) is 5.82 Å². The van der Waals surface area contributed by atoms with Gasteiger partial charge in [0.25, 0.3) is 0 Å². The molecule has 0 aliphatic heterocycles. The van der Waals surface area contributed by atoms with Crippen LogP contribution in [-0.4, -0.2) is 10.9 Å². The fourth-order valence-corrected chi connectivity index (χ4v) is 4.39. The summed E-state index contributed by atoms with van der Waals surface area (Å²) in [6, 6.07) is 30.4. The standard InChI is InChI=1S/C29H33FN2/c1-23(2)29(22-31,27-14-16-28(30)17-15-27)19-18-24(3)32(20-25-10-6-4-7-11-25)21-26-12-8-5-9-13-26/h4-17,23-24H,18-21H2,1-3H3. The van der Waals surface area contributed by atoms with Gasteiger partial charge in [0.2, 0.25) is 0 Å². The fraction of sp³-hybridized carbons (Fsp3) is 0.345. The summed E-state index contributed by atoms with van der Waals surface area (Å²) in [5, 5.41) is 10.2. The average molecular weight is 429 g/mol.